The maximum atomic E-state index is 5.39. The summed E-state index contributed by atoms with van der Waals surface area (Å²) in [6.45, 7) is 2.83. The van der Waals surface area contributed by atoms with E-state index in [1.807, 2.05) is 6.92 Å². The van der Waals surface area contributed by atoms with E-state index >= 15 is 0 Å². The molecule has 0 saturated heterocycles. The van der Waals surface area contributed by atoms with Crippen molar-refractivity contribution < 1.29 is 9.26 Å². The lowest BCUT2D eigenvalue weighted by molar-refractivity contribution is 0.116. The van der Waals surface area contributed by atoms with E-state index in [-0.39, 0.29) is 12.1 Å². The smallest absolute Gasteiger partial charge is 0.244 e. The Morgan fingerprint density at radius 3 is 3.00 bits per heavy atom. The molecule has 2 atom stereocenters. The van der Waals surface area contributed by atoms with Gasteiger partial charge in [0, 0.05) is 20.1 Å². The average Bonchev–Trinajstić information content (AvgIpc) is 2.95. The molecule has 3 rings (SSSR count). The van der Waals surface area contributed by atoms with E-state index in [1.165, 1.54) is 11.1 Å². The molecule has 1 aromatic carbocycles. The highest BCUT2D eigenvalue weighted by Crippen LogP contribution is 2.24. The van der Waals surface area contributed by atoms with E-state index < -0.39 is 0 Å². The van der Waals surface area contributed by atoms with Crippen molar-refractivity contribution in [3.8, 4) is 0 Å². The third-order valence-electron chi connectivity index (χ3n) is 3.74. The van der Waals surface area contributed by atoms with E-state index in [4.69, 9.17) is 9.26 Å². The van der Waals surface area contributed by atoms with Crippen LogP contribution in [0, 0.1) is 0 Å². The van der Waals surface area contributed by atoms with E-state index in [0.717, 1.165) is 13.0 Å². The molecule has 1 aliphatic heterocycles. The largest absolute Gasteiger partial charge is 0.381 e. The Balaban J connectivity index is 1.72. The van der Waals surface area contributed by atoms with Gasteiger partial charge in [-0.3, -0.25) is 0 Å². The van der Waals surface area contributed by atoms with Gasteiger partial charge in [0.25, 0.3) is 0 Å². The number of nitrogens with zero attached hydrogens (tertiary/aromatic N) is 2. The summed E-state index contributed by atoms with van der Waals surface area (Å²) in [6.07, 6.45) is 1.65. The van der Waals surface area contributed by atoms with Gasteiger partial charge in [0.1, 0.15) is 0 Å². The number of benzene rings is 1. The van der Waals surface area contributed by atoms with Crippen molar-refractivity contribution >= 4 is 0 Å². The third kappa shape index (κ3) is 2.73. The highest BCUT2D eigenvalue weighted by Gasteiger charge is 2.24. The number of rotatable bonds is 4. The van der Waals surface area contributed by atoms with E-state index in [9.17, 15) is 0 Å². The molecule has 1 aromatic heterocycles. The number of methoxy groups -OCH3 is 1. The number of nitrogens with one attached hydrogen (secondary N) is 1. The summed E-state index contributed by atoms with van der Waals surface area (Å²) in [5, 5.41) is 7.47. The summed E-state index contributed by atoms with van der Waals surface area (Å²) in [6, 6.07) is 8.55. The lowest BCUT2D eigenvalue weighted by Gasteiger charge is -2.23. The standard InChI is InChI=1S/C15H19N3O2/c1-10(19-2)7-14-17-15(20-18-14)13-8-11-5-3-4-6-12(11)9-16-13/h3-6,10,13,16H,7-9H2,1-2H3/t10?,13-/m1/s1. The first kappa shape index (κ1) is 13.3. The first-order valence-corrected chi connectivity index (χ1v) is 6.91. The zero-order valence-corrected chi connectivity index (χ0v) is 11.8. The zero-order chi connectivity index (χ0) is 13.9. The van der Waals surface area contributed by atoms with Gasteiger partial charge in [0.2, 0.25) is 5.89 Å². The summed E-state index contributed by atoms with van der Waals surface area (Å²) in [5.41, 5.74) is 2.69. The second-order valence-corrected chi connectivity index (χ2v) is 5.21. The van der Waals surface area contributed by atoms with Crippen molar-refractivity contribution in [2.45, 2.75) is 38.5 Å². The molecule has 20 heavy (non-hydrogen) atoms. The van der Waals surface area contributed by atoms with Crippen molar-refractivity contribution in [3.63, 3.8) is 0 Å². The Morgan fingerprint density at radius 2 is 2.20 bits per heavy atom. The fourth-order valence-corrected chi connectivity index (χ4v) is 2.46. The van der Waals surface area contributed by atoms with Crippen LogP contribution in [0.5, 0.6) is 0 Å². The Bertz CT molecular complexity index is 582. The molecule has 0 amide bonds. The molecule has 0 aliphatic carbocycles. The van der Waals surface area contributed by atoms with Crippen LogP contribution in [-0.4, -0.2) is 23.4 Å². The Kier molecular flexibility index (Phi) is 3.80. The molecule has 1 N–H and O–H groups in total. The average molecular weight is 273 g/mol. The first-order chi connectivity index (χ1) is 9.76. The van der Waals surface area contributed by atoms with Crippen LogP contribution in [0.2, 0.25) is 0 Å². The molecule has 1 aliphatic rings. The molecule has 0 saturated carbocycles. The zero-order valence-electron chi connectivity index (χ0n) is 11.8. The maximum absolute atomic E-state index is 5.39. The van der Waals surface area contributed by atoms with Crippen LogP contribution in [0.3, 0.4) is 0 Å². The van der Waals surface area contributed by atoms with Crippen molar-refractivity contribution in [1.82, 2.24) is 15.5 Å². The molecule has 0 fully saturated rings. The van der Waals surface area contributed by atoms with Gasteiger partial charge in [-0.25, -0.2) is 0 Å². The SMILES string of the molecule is COC(C)Cc1noc([C@H]2Cc3ccccc3CN2)n1. The van der Waals surface area contributed by atoms with Gasteiger partial charge >= 0.3 is 0 Å². The van der Waals surface area contributed by atoms with Crippen LogP contribution in [-0.2, 0) is 24.1 Å². The number of hydrogen-bond donors (Lipinski definition) is 1. The van der Waals surface area contributed by atoms with Gasteiger partial charge in [0.15, 0.2) is 5.82 Å². The van der Waals surface area contributed by atoms with Crippen molar-refractivity contribution in [2.75, 3.05) is 7.11 Å². The second kappa shape index (κ2) is 5.73. The number of hydrogen-bond acceptors (Lipinski definition) is 5. The summed E-state index contributed by atoms with van der Waals surface area (Å²) < 4.78 is 10.6. The van der Waals surface area contributed by atoms with Crippen LogP contribution < -0.4 is 5.32 Å². The molecule has 0 bridgehead atoms. The van der Waals surface area contributed by atoms with Crippen LogP contribution in [0.1, 0.15) is 35.8 Å². The highest BCUT2D eigenvalue weighted by molar-refractivity contribution is 5.30. The Hall–Kier alpha value is -1.72. The lowest BCUT2D eigenvalue weighted by Crippen LogP contribution is -2.28. The van der Waals surface area contributed by atoms with Gasteiger partial charge in [-0.2, -0.15) is 4.98 Å². The summed E-state index contributed by atoms with van der Waals surface area (Å²) >= 11 is 0. The fraction of sp³-hybridized carbons (Fsp3) is 0.467. The van der Waals surface area contributed by atoms with E-state index in [0.29, 0.717) is 18.1 Å². The predicted molar refractivity (Wildman–Crippen MR) is 74.2 cm³/mol. The van der Waals surface area contributed by atoms with Gasteiger partial charge in [-0.1, -0.05) is 29.4 Å². The molecule has 2 heterocycles. The van der Waals surface area contributed by atoms with Crippen molar-refractivity contribution in [1.29, 1.82) is 0 Å². The molecule has 2 aromatic rings. The monoisotopic (exact) mass is 273 g/mol. The molecule has 5 heteroatoms. The predicted octanol–water partition coefficient (Wildman–Crippen LogP) is 2.03. The summed E-state index contributed by atoms with van der Waals surface area (Å²) in [7, 11) is 1.69. The minimum absolute atomic E-state index is 0.0977. The van der Waals surface area contributed by atoms with Crippen LogP contribution in [0.25, 0.3) is 0 Å². The molecule has 5 nitrogen and oxygen atoms in total. The van der Waals surface area contributed by atoms with Crippen LogP contribution in [0.15, 0.2) is 28.8 Å². The molecular formula is C15H19N3O2. The van der Waals surface area contributed by atoms with Crippen LogP contribution >= 0.6 is 0 Å². The van der Waals surface area contributed by atoms with E-state index in [2.05, 4.69) is 39.7 Å². The van der Waals surface area contributed by atoms with Gasteiger partial charge in [-0.05, 0) is 24.5 Å². The van der Waals surface area contributed by atoms with Gasteiger partial charge < -0.3 is 14.6 Å². The number of ether oxygens (including phenoxy) is 1. The molecular weight excluding hydrogens is 254 g/mol. The first-order valence-electron chi connectivity index (χ1n) is 6.91. The molecule has 1 unspecified atom stereocenters. The minimum atomic E-state index is 0.0977. The number of aromatic nitrogens is 2. The Morgan fingerprint density at radius 1 is 1.40 bits per heavy atom. The normalized spacial score (nSPS) is 19.6. The molecule has 0 spiro atoms. The maximum Gasteiger partial charge on any atom is 0.244 e. The van der Waals surface area contributed by atoms with Crippen molar-refractivity contribution in [2.24, 2.45) is 0 Å². The lowest BCUT2D eigenvalue weighted by atomic mass is 9.96. The third-order valence-corrected chi connectivity index (χ3v) is 3.74. The summed E-state index contributed by atoms with van der Waals surface area (Å²) in [5.74, 6) is 1.37. The fourth-order valence-electron chi connectivity index (χ4n) is 2.46. The number of fused-ring (bicyclic) bond motifs is 1. The quantitative estimate of drug-likeness (QED) is 0.923. The molecule has 0 radical (unpaired) electrons. The topological polar surface area (TPSA) is 60.2 Å². The molecule has 106 valence electrons. The van der Waals surface area contributed by atoms with E-state index in [1.54, 1.807) is 7.11 Å². The second-order valence-electron chi connectivity index (χ2n) is 5.21. The van der Waals surface area contributed by atoms with Crippen LogP contribution in [0.4, 0.5) is 0 Å². The Labute approximate surface area is 118 Å². The highest BCUT2D eigenvalue weighted by atomic mass is 16.5. The van der Waals surface area contributed by atoms with Crippen molar-refractivity contribution in [3.05, 3.63) is 47.1 Å². The minimum Gasteiger partial charge on any atom is -0.381 e. The summed E-state index contributed by atoms with van der Waals surface area (Å²) in [4.78, 5) is 4.47. The van der Waals surface area contributed by atoms with Gasteiger partial charge in [-0.15, -0.1) is 0 Å². The van der Waals surface area contributed by atoms with Gasteiger partial charge in [0.05, 0.1) is 12.1 Å².